The molecular weight excluding hydrogens is 338 g/mol. The lowest BCUT2D eigenvalue weighted by atomic mass is 10.1. The van der Waals surface area contributed by atoms with Crippen molar-refractivity contribution in [2.75, 3.05) is 11.9 Å². The molecule has 5 heteroatoms. The molecule has 1 aromatic heterocycles. The molecule has 0 unspecified atom stereocenters. The van der Waals surface area contributed by atoms with Crippen molar-refractivity contribution >= 4 is 11.7 Å². The van der Waals surface area contributed by atoms with Crippen LogP contribution in [0.2, 0.25) is 0 Å². The van der Waals surface area contributed by atoms with Gasteiger partial charge < -0.3 is 10.1 Å². The minimum atomic E-state index is -0.212. The van der Waals surface area contributed by atoms with E-state index in [-0.39, 0.29) is 12.5 Å². The van der Waals surface area contributed by atoms with Crippen molar-refractivity contribution in [3.63, 3.8) is 0 Å². The quantitative estimate of drug-likeness (QED) is 0.727. The van der Waals surface area contributed by atoms with Gasteiger partial charge in [-0.2, -0.15) is 5.10 Å². The predicted molar refractivity (Wildman–Crippen MR) is 105 cm³/mol. The molecule has 1 heterocycles. The summed E-state index contributed by atoms with van der Waals surface area (Å²) in [5.41, 5.74) is 5.13. The van der Waals surface area contributed by atoms with Gasteiger partial charge in [-0.3, -0.25) is 9.48 Å². The molecule has 0 fully saturated rings. The maximum Gasteiger partial charge on any atom is 0.263 e. The van der Waals surface area contributed by atoms with Crippen molar-refractivity contribution < 1.29 is 9.53 Å². The minimum absolute atomic E-state index is 0.0242. The monoisotopic (exact) mass is 361 g/mol. The number of nitrogens with zero attached hydrogens (tertiary/aromatic N) is 2. The molecule has 2 aromatic carbocycles. The van der Waals surface area contributed by atoms with Crippen LogP contribution >= 0.6 is 0 Å². The number of fused-ring (bicyclic) bond motifs is 1. The van der Waals surface area contributed by atoms with Crippen molar-refractivity contribution in [2.45, 2.75) is 32.7 Å². The van der Waals surface area contributed by atoms with E-state index in [1.165, 1.54) is 28.7 Å². The number of carbonyl (C=O) groups is 1. The highest BCUT2D eigenvalue weighted by molar-refractivity contribution is 5.90. The highest BCUT2D eigenvalue weighted by Crippen LogP contribution is 2.26. The summed E-state index contributed by atoms with van der Waals surface area (Å²) in [6, 6.07) is 16.2. The Kier molecular flexibility index (Phi) is 4.92. The van der Waals surface area contributed by atoms with Crippen LogP contribution in [0.1, 0.15) is 28.7 Å². The Bertz CT molecular complexity index is 944. The van der Waals surface area contributed by atoms with Crippen molar-refractivity contribution in [3.8, 4) is 5.75 Å². The Morgan fingerprint density at radius 2 is 1.93 bits per heavy atom. The van der Waals surface area contributed by atoms with Gasteiger partial charge in [-0.15, -0.1) is 0 Å². The number of carbonyl (C=O) groups excluding carboxylic acids is 1. The van der Waals surface area contributed by atoms with E-state index in [1.54, 1.807) is 6.07 Å². The van der Waals surface area contributed by atoms with Gasteiger partial charge in [-0.1, -0.05) is 35.9 Å². The molecule has 1 N–H and O–H groups in total. The van der Waals surface area contributed by atoms with Crippen molar-refractivity contribution in [1.82, 2.24) is 9.78 Å². The second-order valence-corrected chi connectivity index (χ2v) is 7.01. The third-order valence-corrected chi connectivity index (χ3v) is 4.81. The molecule has 0 saturated heterocycles. The van der Waals surface area contributed by atoms with Gasteiger partial charge >= 0.3 is 0 Å². The summed E-state index contributed by atoms with van der Waals surface area (Å²) >= 11 is 0. The van der Waals surface area contributed by atoms with Crippen molar-refractivity contribution in [3.05, 3.63) is 77.0 Å². The van der Waals surface area contributed by atoms with Crippen LogP contribution in [0.5, 0.6) is 5.75 Å². The van der Waals surface area contributed by atoms with Gasteiger partial charge in [0.05, 0.1) is 6.54 Å². The Morgan fingerprint density at radius 1 is 1.11 bits per heavy atom. The first-order valence-corrected chi connectivity index (χ1v) is 9.29. The van der Waals surface area contributed by atoms with Gasteiger partial charge in [0.1, 0.15) is 5.75 Å². The smallest absolute Gasteiger partial charge is 0.263 e. The predicted octanol–water partition coefficient (Wildman–Crippen LogP) is 3.75. The lowest BCUT2D eigenvalue weighted by Crippen LogP contribution is -2.20. The highest BCUT2D eigenvalue weighted by atomic mass is 16.5. The molecular formula is C22H23N3O2. The molecule has 0 atom stereocenters. The molecule has 138 valence electrons. The van der Waals surface area contributed by atoms with Crippen molar-refractivity contribution in [1.29, 1.82) is 0 Å². The van der Waals surface area contributed by atoms with E-state index >= 15 is 0 Å². The number of benzene rings is 2. The van der Waals surface area contributed by atoms with E-state index in [0.29, 0.717) is 12.4 Å². The lowest BCUT2D eigenvalue weighted by Gasteiger charge is -2.08. The first-order valence-electron chi connectivity index (χ1n) is 9.29. The van der Waals surface area contributed by atoms with Crippen LogP contribution < -0.4 is 10.1 Å². The van der Waals surface area contributed by atoms with E-state index in [4.69, 9.17) is 4.74 Å². The fourth-order valence-electron chi connectivity index (χ4n) is 3.36. The van der Waals surface area contributed by atoms with Crippen LogP contribution in [0.25, 0.3) is 0 Å². The summed E-state index contributed by atoms with van der Waals surface area (Å²) in [5, 5.41) is 7.18. The van der Waals surface area contributed by atoms with E-state index in [9.17, 15) is 4.79 Å². The van der Waals surface area contributed by atoms with E-state index in [1.807, 2.05) is 23.0 Å². The molecule has 0 saturated carbocycles. The zero-order chi connectivity index (χ0) is 18.6. The molecule has 5 nitrogen and oxygen atoms in total. The fourth-order valence-corrected chi connectivity index (χ4v) is 3.36. The van der Waals surface area contributed by atoms with Gasteiger partial charge in [-0.25, -0.2) is 0 Å². The van der Waals surface area contributed by atoms with Crippen LogP contribution in [-0.4, -0.2) is 22.3 Å². The Hall–Kier alpha value is -3.08. The molecule has 4 rings (SSSR count). The summed E-state index contributed by atoms with van der Waals surface area (Å²) in [6.45, 7) is 2.71. The van der Waals surface area contributed by atoms with Crippen LogP contribution in [0.4, 0.5) is 5.82 Å². The van der Waals surface area contributed by atoms with Gasteiger partial charge in [0.15, 0.2) is 12.4 Å². The van der Waals surface area contributed by atoms with Gasteiger partial charge in [-0.05, 0) is 55.0 Å². The Balaban J connectivity index is 1.29. The standard InChI is InChI=1S/C22H23N3O2/c1-16-5-7-17(8-6-16)14-25-12-11-21(24-25)23-22(26)15-27-20-10-9-18-3-2-4-19(18)13-20/h5-13H,2-4,14-15H2,1H3,(H,23,24,26). The number of rotatable bonds is 6. The molecule has 0 radical (unpaired) electrons. The fraction of sp³-hybridized carbons (Fsp3) is 0.273. The zero-order valence-electron chi connectivity index (χ0n) is 15.4. The average Bonchev–Trinajstić information content (AvgIpc) is 3.30. The van der Waals surface area contributed by atoms with Gasteiger partial charge in [0, 0.05) is 12.3 Å². The molecule has 0 spiro atoms. The highest BCUT2D eigenvalue weighted by Gasteiger charge is 2.12. The number of hydrogen-bond donors (Lipinski definition) is 1. The van der Waals surface area contributed by atoms with Gasteiger partial charge in [0.25, 0.3) is 5.91 Å². The zero-order valence-corrected chi connectivity index (χ0v) is 15.4. The minimum Gasteiger partial charge on any atom is -0.484 e. The maximum absolute atomic E-state index is 12.1. The summed E-state index contributed by atoms with van der Waals surface area (Å²) in [6.07, 6.45) is 5.29. The summed E-state index contributed by atoms with van der Waals surface area (Å²) < 4.78 is 7.44. The third-order valence-electron chi connectivity index (χ3n) is 4.81. The van der Waals surface area contributed by atoms with Gasteiger partial charge in [0.2, 0.25) is 0 Å². The third kappa shape index (κ3) is 4.37. The van der Waals surface area contributed by atoms with Crippen molar-refractivity contribution in [2.24, 2.45) is 0 Å². The number of anilines is 1. The number of nitrogens with one attached hydrogen (secondary N) is 1. The number of aryl methyl sites for hydroxylation is 3. The van der Waals surface area contributed by atoms with E-state index < -0.39 is 0 Å². The number of aromatic nitrogens is 2. The molecule has 1 amide bonds. The first kappa shape index (κ1) is 17.3. The van der Waals surface area contributed by atoms with Crippen LogP contribution in [0, 0.1) is 6.92 Å². The summed E-state index contributed by atoms with van der Waals surface area (Å²) in [5.74, 6) is 1.07. The van der Waals surface area contributed by atoms with Crippen LogP contribution in [-0.2, 0) is 24.2 Å². The maximum atomic E-state index is 12.1. The second kappa shape index (κ2) is 7.66. The molecule has 1 aliphatic carbocycles. The molecule has 1 aliphatic rings. The number of amides is 1. The first-order chi connectivity index (χ1) is 13.2. The molecule has 0 aliphatic heterocycles. The Labute approximate surface area is 159 Å². The van der Waals surface area contributed by atoms with E-state index in [0.717, 1.165) is 18.6 Å². The number of hydrogen-bond acceptors (Lipinski definition) is 3. The topological polar surface area (TPSA) is 56.2 Å². The average molecular weight is 361 g/mol. The normalized spacial score (nSPS) is 12.6. The van der Waals surface area contributed by atoms with E-state index in [2.05, 4.69) is 47.7 Å². The largest absolute Gasteiger partial charge is 0.484 e. The van der Waals surface area contributed by atoms with Crippen LogP contribution in [0.15, 0.2) is 54.7 Å². The molecule has 0 bridgehead atoms. The van der Waals surface area contributed by atoms with Crippen LogP contribution in [0.3, 0.4) is 0 Å². The lowest BCUT2D eigenvalue weighted by molar-refractivity contribution is -0.118. The Morgan fingerprint density at radius 3 is 2.78 bits per heavy atom. The SMILES string of the molecule is Cc1ccc(Cn2ccc(NC(=O)COc3ccc4c(c3)CCC4)n2)cc1. The molecule has 3 aromatic rings. The second-order valence-electron chi connectivity index (χ2n) is 7.01. The summed E-state index contributed by atoms with van der Waals surface area (Å²) in [4.78, 5) is 12.1. The molecule has 27 heavy (non-hydrogen) atoms. The number of ether oxygens (including phenoxy) is 1. The summed E-state index contributed by atoms with van der Waals surface area (Å²) in [7, 11) is 0.